The van der Waals surface area contributed by atoms with Gasteiger partial charge in [0.15, 0.2) is 6.61 Å². The number of carbonyl (C=O) groups is 2. The Morgan fingerprint density at radius 3 is 2.81 bits per heavy atom. The van der Waals surface area contributed by atoms with Gasteiger partial charge in [0, 0.05) is 18.5 Å². The van der Waals surface area contributed by atoms with Crippen molar-refractivity contribution in [2.45, 2.75) is 12.3 Å². The molecule has 0 bridgehead atoms. The maximum absolute atomic E-state index is 12.3. The molecule has 0 saturated carbocycles. The lowest BCUT2D eigenvalue weighted by Crippen LogP contribution is -2.25. The van der Waals surface area contributed by atoms with E-state index in [-0.39, 0.29) is 18.4 Å². The SMILES string of the molecule is NC(=O)COc1ccc(C2CC(=O)Nc3c2ncn3-c2cccnc2)cc1. The fourth-order valence-electron chi connectivity index (χ4n) is 3.13. The van der Waals surface area contributed by atoms with Crippen molar-refractivity contribution in [1.82, 2.24) is 14.5 Å². The Bertz CT molecular complexity index is 982. The van der Waals surface area contributed by atoms with Crippen molar-refractivity contribution in [3.8, 4) is 11.4 Å². The van der Waals surface area contributed by atoms with Gasteiger partial charge in [0.05, 0.1) is 17.6 Å². The summed E-state index contributed by atoms with van der Waals surface area (Å²) in [7, 11) is 0. The Balaban J connectivity index is 1.65. The number of ether oxygens (including phenoxy) is 1. The van der Waals surface area contributed by atoms with Gasteiger partial charge in [0.2, 0.25) is 5.91 Å². The summed E-state index contributed by atoms with van der Waals surface area (Å²) in [5.41, 5.74) is 7.64. The third kappa shape index (κ3) is 3.37. The number of carbonyl (C=O) groups excluding carboxylic acids is 2. The van der Waals surface area contributed by atoms with Gasteiger partial charge in [-0.3, -0.25) is 19.1 Å². The fraction of sp³-hybridized carbons (Fsp3) is 0.158. The monoisotopic (exact) mass is 363 g/mol. The number of nitrogens with two attached hydrogens (primary N) is 1. The molecule has 0 radical (unpaired) electrons. The lowest BCUT2D eigenvalue weighted by atomic mass is 9.90. The first-order chi connectivity index (χ1) is 13.1. The van der Waals surface area contributed by atoms with Crippen molar-refractivity contribution in [3.63, 3.8) is 0 Å². The second-order valence-corrected chi connectivity index (χ2v) is 6.19. The summed E-state index contributed by atoms with van der Waals surface area (Å²) >= 11 is 0. The molecule has 3 heterocycles. The maximum Gasteiger partial charge on any atom is 0.255 e. The molecule has 0 aliphatic carbocycles. The first-order valence-electron chi connectivity index (χ1n) is 8.40. The zero-order chi connectivity index (χ0) is 18.8. The molecule has 4 rings (SSSR count). The zero-order valence-corrected chi connectivity index (χ0v) is 14.3. The summed E-state index contributed by atoms with van der Waals surface area (Å²) in [5, 5.41) is 2.91. The number of hydrogen-bond acceptors (Lipinski definition) is 5. The lowest BCUT2D eigenvalue weighted by Gasteiger charge is -2.23. The summed E-state index contributed by atoms with van der Waals surface area (Å²) < 4.78 is 7.10. The van der Waals surface area contributed by atoms with Crippen molar-refractivity contribution in [1.29, 1.82) is 0 Å². The third-order valence-corrected chi connectivity index (χ3v) is 4.36. The normalized spacial score (nSPS) is 15.7. The molecule has 1 aromatic carbocycles. The van der Waals surface area contributed by atoms with Crippen LogP contribution >= 0.6 is 0 Å². The number of nitrogens with one attached hydrogen (secondary N) is 1. The van der Waals surface area contributed by atoms with Gasteiger partial charge in [-0.2, -0.15) is 0 Å². The standard InChI is InChI=1S/C19H17N5O3/c20-16(25)10-27-14-5-3-12(4-6-14)15-8-17(26)23-19-18(15)22-11-24(19)13-2-1-7-21-9-13/h1-7,9,11,15H,8,10H2,(H2,20,25)(H,23,26). The molecular weight excluding hydrogens is 346 g/mol. The second-order valence-electron chi connectivity index (χ2n) is 6.19. The molecule has 27 heavy (non-hydrogen) atoms. The van der Waals surface area contributed by atoms with E-state index in [1.54, 1.807) is 30.9 Å². The fourth-order valence-corrected chi connectivity index (χ4v) is 3.13. The van der Waals surface area contributed by atoms with E-state index in [2.05, 4.69) is 15.3 Å². The molecule has 1 atom stereocenters. The first kappa shape index (κ1) is 16.8. The number of primary amides is 1. The number of aromatic nitrogens is 3. The number of anilines is 1. The van der Waals surface area contributed by atoms with Gasteiger partial charge in [-0.05, 0) is 29.8 Å². The van der Waals surface area contributed by atoms with Crippen LogP contribution in [-0.2, 0) is 9.59 Å². The smallest absolute Gasteiger partial charge is 0.255 e. The highest BCUT2D eigenvalue weighted by Crippen LogP contribution is 2.37. The molecule has 8 heteroatoms. The number of benzene rings is 1. The molecular formula is C19H17N5O3. The molecule has 0 spiro atoms. The quantitative estimate of drug-likeness (QED) is 0.715. The Morgan fingerprint density at radius 2 is 2.11 bits per heavy atom. The summed E-state index contributed by atoms with van der Waals surface area (Å²) in [6, 6.07) is 11.0. The van der Waals surface area contributed by atoms with E-state index >= 15 is 0 Å². The number of nitrogens with zero attached hydrogens (tertiary/aromatic N) is 3. The van der Waals surface area contributed by atoms with Crippen molar-refractivity contribution in [3.05, 3.63) is 66.4 Å². The van der Waals surface area contributed by atoms with Crippen molar-refractivity contribution >= 4 is 17.6 Å². The van der Waals surface area contributed by atoms with Crippen molar-refractivity contribution < 1.29 is 14.3 Å². The minimum Gasteiger partial charge on any atom is -0.484 e. The minimum absolute atomic E-state index is 0.0767. The van der Waals surface area contributed by atoms with Crippen LogP contribution in [0.1, 0.15) is 23.6 Å². The Morgan fingerprint density at radius 1 is 1.30 bits per heavy atom. The van der Waals surface area contributed by atoms with Crippen LogP contribution in [0.4, 0.5) is 5.82 Å². The van der Waals surface area contributed by atoms with E-state index in [1.807, 2.05) is 28.8 Å². The zero-order valence-electron chi connectivity index (χ0n) is 14.3. The van der Waals surface area contributed by atoms with Crippen LogP contribution in [-0.4, -0.2) is 33.0 Å². The minimum atomic E-state index is -0.534. The molecule has 2 amide bonds. The number of imidazole rings is 1. The second kappa shape index (κ2) is 6.91. The van der Waals surface area contributed by atoms with Crippen molar-refractivity contribution in [2.75, 3.05) is 11.9 Å². The van der Waals surface area contributed by atoms with Gasteiger partial charge >= 0.3 is 0 Å². The molecule has 0 saturated heterocycles. The molecule has 1 aliphatic heterocycles. The van der Waals surface area contributed by atoms with E-state index < -0.39 is 5.91 Å². The lowest BCUT2D eigenvalue weighted by molar-refractivity contribution is -0.120. The van der Waals surface area contributed by atoms with Gasteiger partial charge in [-0.25, -0.2) is 4.98 Å². The molecule has 8 nitrogen and oxygen atoms in total. The Kier molecular flexibility index (Phi) is 4.29. The highest BCUT2D eigenvalue weighted by molar-refractivity contribution is 5.94. The molecule has 0 fully saturated rings. The van der Waals surface area contributed by atoms with Crippen LogP contribution in [0.3, 0.4) is 0 Å². The van der Waals surface area contributed by atoms with Crippen molar-refractivity contribution in [2.24, 2.45) is 5.73 Å². The topological polar surface area (TPSA) is 112 Å². The molecule has 3 N–H and O–H groups in total. The predicted octanol–water partition coefficient (Wildman–Crippen LogP) is 1.61. The molecule has 2 aromatic heterocycles. The summed E-state index contributed by atoms with van der Waals surface area (Å²) in [6.07, 6.45) is 5.39. The van der Waals surface area contributed by atoms with Gasteiger partial charge in [0.1, 0.15) is 17.9 Å². The van der Waals surface area contributed by atoms with E-state index in [9.17, 15) is 9.59 Å². The average Bonchev–Trinajstić information content (AvgIpc) is 3.10. The summed E-state index contributed by atoms with van der Waals surface area (Å²) in [5.74, 6) is 0.412. The van der Waals surface area contributed by atoms with Crippen LogP contribution in [0.5, 0.6) is 5.75 Å². The molecule has 1 unspecified atom stereocenters. The number of pyridine rings is 1. The number of amides is 2. The van der Waals surface area contributed by atoms with Crippen LogP contribution in [0.2, 0.25) is 0 Å². The first-order valence-corrected chi connectivity index (χ1v) is 8.40. The molecule has 136 valence electrons. The van der Waals surface area contributed by atoms with E-state index in [0.29, 0.717) is 18.0 Å². The molecule has 3 aromatic rings. The van der Waals surface area contributed by atoms with Crippen LogP contribution in [0.25, 0.3) is 5.69 Å². The van der Waals surface area contributed by atoms with E-state index in [4.69, 9.17) is 10.5 Å². The van der Waals surface area contributed by atoms with E-state index in [0.717, 1.165) is 16.9 Å². The highest BCUT2D eigenvalue weighted by Gasteiger charge is 2.31. The van der Waals surface area contributed by atoms with Crippen LogP contribution in [0, 0.1) is 0 Å². The van der Waals surface area contributed by atoms with Gasteiger partial charge in [-0.15, -0.1) is 0 Å². The highest BCUT2D eigenvalue weighted by atomic mass is 16.5. The Hall–Kier alpha value is -3.68. The maximum atomic E-state index is 12.3. The summed E-state index contributed by atoms with van der Waals surface area (Å²) in [6.45, 7) is -0.176. The van der Waals surface area contributed by atoms with Crippen LogP contribution < -0.4 is 15.8 Å². The number of rotatable bonds is 5. The van der Waals surface area contributed by atoms with Gasteiger partial charge in [0.25, 0.3) is 5.91 Å². The largest absolute Gasteiger partial charge is 0.484 e. The van der Waals surface area contributed by atoms with Crippen LogP contribution in [0.15, 0.2) is 55.1 Å². The molecule has 1 aliphatic rings. The predicted molar refractivity (Wildman–Crippen MR) is 97.6 cm³/mol. The third-order valence-electron chi connectivity index (χ3n) is 4.36. The Labute approximate surface area is 155 Å². The number of fused-ring (bicyclic) bond motifs is 1. The average molecular weight is 363 g/mol. The van der Waals surface area contributed by atoms with E-state index in [1.165, 1.54) is 0 Å². The summed E-state index contributed by atoms with van der Waals surface area (Å²) in [4.78, 5) is 31.8. The van der Waals surface area contributed by atoms with Gasteiger partial charge in [-0.1, -0.05) is 12.1 Å². The van der Waals surface area contributed by atoms with Gasteiger partial charge < -0.3 is 15.8 Å². The number of hydrogen-bond donors (Lipinski definition) is 2.